The standard InChI is InChI=1S/C10H15.Y/c1-5-10(4)8-6-7-9(2)3;/h5,7H,1-2,4,6,8H2,3H3;/q-1;. The van der Waals surface area contributed by atoms with Crippen LogP contribution in [-0.2, 0) is 32.7 Å². The maximum Gasteiger partial charge on any atom is 0 e. The molecule has 0 rings (SSSR count). The molecule has 1 heteroatoms. The van der Waals surface area contributed by atoms with Gasteiger partial charge in [0.25, 0.3) is 0 Å². The first-order valence-electron chi connectivity index (χ1n) is 3.45. The summed E-state index contributed by atoms with van der Waals surface area (Å²) in [7, 11) is 0. The van der Waals surface area contributed by atoms with Gasteiger partial charge in [-0.15, -0.1) is 0 Å². The minimum absolute atomic E-state index is 0. The van der Waals surface area contributed by atoms with Gasteiger partial charge < -0.3 is 0 Å². The van der Waals surface area contributed by atoms with E-state index in [1.807, 2.05) is 6.92 Å². The molecule has 0 aliphatic rings. The molecule has 59 valence electrons. The van der Waals surface area contributed by atoms with E-state index in [9.17, 15) is 0 Å². The van der Waals surface area contributed by atoms with Crippen molar-refractivity contribution in [2.45, 2.75) is 19.8 Å². The molecule has 0 N–H and O–H groups in total. The zero-order valence-electron chi connectivity index (χ0n) is 7.27. The molecule has 0 bridgehead atoms. The molecule has 0 atom stereocenters. The van der Waals surface area contributed by atoms with E-state index in [-0.39, 0.29) is 32.7 Å². The molecule has 0 saturated carbocycles. The summed E-state index contributed by atoms with van der Waals surface area (Å²) >= 11 is 0. The van der Waals surface area contributed by atoms with Gasteiger partial charge >= 0.3 is 0 Å². The molecule has 0 aliphatic carbocycles. The van der Waals surface area contributed by atoms with E-state index in [0.717, 1.165) is 24.0 Å². The van der Waals surface area contributed by atoms with Gasteiger partial charge in [-0.25, -0.2) is 18.6 Å². The van der Waals surface area contributed by atoms with Crippen molar-refractivity contribution < 1.29 is 32.7 Å². The van der Waals surface area contributed by atoms with E-state index in [1.54, 1.807) is 6.08 Å². The topological polar surface area (TPSA) is 0 Å². The Morgan fingerprint density at radius 1 is 1.45 bits per heavy atom. The van der Waals surface area contributed by atoms with Crippen molar-refractivity contribution >= 4 is 0 Å². The smallest absolute Gasteiger partial charge is 0 e. The number of rotatable bonds is 5. The molecular weight excluding hydrogens is 209 g/mol. The van der Waals surface area contributed by atoms with Gasteiger partial charge in [0.1, 0.15) is 0 Å². The number of hydrogen-bond acceptors (Lipinski definition) is 0. The normalized spacial score (nSPS) is 7.73. The Morgan fingerprint density at radius 3 is 2.36 bits per heavy atom. The van der Waals surface area contributed by atoms with Crippen LogP contribution >= 0.6 is 0 Å². The van der Waals surface area contributed by atoms with E-state index >= 15 is 0 Å². The molecule has 0 aromatic carbocycles. The molecule has 0 aliphatic heterocycles. The molecule has 0 fully saturated rings. The minimum Gasteiger partial charge on any atom is -0.242 e. The molecule has 0 saturated heterocycles. The summed E-state index contributed by atoms with van der Waals surface area (Å²) in [5.74, 6) is 0. The maximum atomic E-state index is 3.80. The third kappa shape index (κ3) is 10.2. The van der Waals surface area contributed by atoms with Crippen LogP contribution in [0.5, 0.6) is 0 Å². The summed E-state index contributed by atoms with van der Waals surface area (Å²) in [6.45, 7) is 13.2. The van der Waals surface area contributed by atoms with E-state index in [4.69, 9.17) is 0 Å². The minimum atomic E-state index is 0. The van der Waals surface area contributed by atoms with Gasteiger partial charge in [0.15, 0.2) is 0 Å². The second kappa shape index (κ2) is 8.29. The number of hydrogen-bond donors (Lipinski definition) is 0. The first kappa shape index (κ1) is 13.8. The Hall–Kier alpha value is 0.194. The average molecular weight is 224 g/mol. The van der Waals surface area contributed by atoms with Crippen molar-refractivity contribution in [3.63, 3.8) is 0 Å². The van der Waals surface area contributed by atoms with Gasteiger partial charge in [-0.3, -0.25) is 0 Å². The third-order valence-electron chi connectivity index (χ3n) is 1.25. The van der Waals surface area contributed by atoms with Crippen molar-refractivity contribution in [2.24, 2.45) is 0 Å². The van der Waals surface area contributed by atoms with Crippen LogP contribution in [-0.4, -0.2) is 0 Å². The fourth-order valence-electron chi connectivity index (χ4n) is 0.606. The third-order valence-corrected chi connectivity index (χ3v) is 1.25. The molecule has 0 spiro atoms. The Balaban J connectivity index is 0. The van der Waals surface area contributed by atoms with Crippen LogP contribution in [0.4, 0.5) is 0 Å². The van der Waals surface area contributed by atoms with Crippen molar-refractivity contribution in [2.75, 3.05) is 0 Å². The van der Waals surface area contributed by atoms with Crippen molar-refractivity contribution in [1.82, 2.24) is 0 Å². The SMILES string of the molecule is C=CC(=C)CC[CH-]C(=C)C.[Y]. The van der Waals surface area contributed by atoms with Gasteiger partial charge in [-0.1, -0.05) is 38.2 Å². The maximum absolute atomic E-state index is 3.80. The van der Waals surface area contributed by atoms with Gasteiger partial charge in [0.05, 0.1) is 0 Å². The molecule has 1 radical (unpaired) electrons. The first-order chi connectivity index (χ1) is 4.66. The largest absolute Gasteiger partial charge is 0.242 e. The molecular formula is C10H15Y-. The van der Waals surface area contributed by atoms with Crippen LogP contribution in [0.2, 0.25) is 0 Å². The Kier molecular flexibility index (Phi) is 10.4. The van der Waals surface area contributed by atoms with E-state index in [0.29, 0.717) is 0 Å². The van der Waals surface area contributed by atoms with Gasteiger partial charge in [0.2, 0.25) is 0 Å². The van der Waals surface area contributed by atoms with Crippen molar-refractivity contribution in [3.8, 4) is 0 Å². The number of allylic oxidation sites excluding steroid dienone is 3. The summed E-state index contributed by atoms with van der Waals surface area (Å²) < 4.78 is 0. The Labute approximate surface area is 95.3 Å². The Morgan fingerprint density at radius 2 is 2.00 bits per heavy atom. The fraction of sp³-hybridized carbons (Fsp3) is 0.300. The summed E-state index contributed by atoms with van der Waals surface area (Å²) in [5, 5.41) is 0. The van der Waals surface area contributed by atoms with Crippen molar-refractivity contribution in [1.29, 1.82) is 0 Å². The second-order valence-corrected chi connectivity index (χ2v) is 2.45. The quantitative estimate of drug-likeness (QED) is 0.496. The summed E-state index contributed by atoms with van der Waals surface area (Å²) in [6.07, 6.45) is 5.93. The summed E-state index contributed by atoms with van der Waals surface area (Å²) in [5.41, 5.74) is 2.22. The monoisotopic (exact) mass is 224 g/mol. The fourth-order valence-corrected chi connectivity index (χ4v) is 0.606. The van der Waals surface area contributed by atoms with Crippen LogP contribution in [0.25, 0.3) is 0 Å². The molecule has 0 unspecified atom stereocenters. The second-order valence-electron chi connectivity index (χ2n) is 2.45. The Bertz CT molecular complexity index is 145. The summed E-state index contributed by atoms with van der Waals surface area (Å²) in [4.78, 5) is 0. The molecule has 11 heavy (non-hydrogen) atoms. The van der Waals surface area contributed by atoms with Crippen molar-refractivity contribution in [3.05, 3.63) is 43.4 Å². The molecule has 0 aromatic rings. The van der Waals surface area contributed by atoms with Gasteiger partial charge in [-0.05, 0) is 6.42 Å². The van der Waals surface area contributed by atoms with Crippen LogP contribution in [0, 0.1) is 6.42 Å². The van der Waals surface area contributed by atoms with E-state index in [2.05, 4.69) is 26.2 Å². The van der Waals surface area contributed by atoms with Crippen LogP contribution in [0.1, 0.15) is 19.8 Å². The molecule has 0 amide bonds. The average Bonchev–Trinajstić information content (AvgIpc) is 1.87. The molecule has 0 aromatic heterocycles. The van der Waals surface area contributed by atoms with Crippen LogP contribution in [0.15, 0.2) is 37.0 Å². The van der Waals surface area contributed by atoms with Crippen LogP contribution in [0.3, 0.4) is 0 Å². The van der Waals surface area contributed by atoms with Crippen LogP contribution < -0.4 is 0 Å². The first-order valence-corrected chi connectivity index (χ1v) is 3.45. The molecule has 0 heterocycles. The predicted molar refractivity (Wildman–Crippen MR) is 47.7 cm³/mol. The summed E-state index contributed by atoms with van der Waals surface area (Å²) in [6, 6.07) is 0. The van der Waals surface area contributed by atoms with Gasteiger partial charge in [-0.2, -0.15) is 0 Å². The zero-order valence-corrected chi connectivity index (χ0v) is 10.1. The van der Waals surface area contributed by atoms with Gasteiger partial charge in [0, 0.05) is 32.7 Å². The molecule has 0 nitrogen and oxygen atoms in total. The van der Waals surface area contributed by atoms with E-state index in [1.165, 1.54) is 0 Å². The predicted octanol–water partition coefficient (Wildman–Crippen LogP) is 3.29. The zero-order chi connectivity index (χ0) is 7.98. The van der Waals surface area contributed by atoms with E-state index < -0.39 is 0 Å².